The smallest absolute Gasteiger partial charge is 0.218 e. The van der Waals surface area contributed by atoms with Gasteiger partial charge in [-0.05, 0) is 31.0 Å². The van der Waals surface area contributed by atoms with Crippen molar-refractivity contribution in [3.8, 4) is 0 Å². The van der Waals surface area contributed by atoms with Gasteiger partial charge in [0.15, 0.2) is 0 Å². The summed E-state index contributed by atoms with van der Waals surface area (Å²) in [5, 5.41) is 9.90. The predicted molar refractivity (Wildman–Crippen MR) is 78.0 cm³/mol. The van der Waals surface area contributed by atoms with Crippen LogP contribution in [0.3, 0.4) is 0 Å². The molecule has 1 N–H and O–H groups in total. The molecule has 0 aliphatic carbocycles. The molecule has 1 aromatic rings. The number of halogens is 2. The number of sulfonamides is 1. The Morgan fingerprint density at radius 3 is 2.47 bits per heavy atom. The van der Waals surface area contributed by atoms with E-state index in [1.165, 1.54) is 11.4 Å². The van der Waals surface area contributed by atoms with Gasteiger partial charge in [0, 0.05) is 13.6 Å². The third-order valence-electron chi connectivity index (χ3n) is 2.67. The van der Waals surface area contributed by atoms with Crippen molar-refractivity contribution >= 4 is 33.2 Å². The lowest BCUT2D eigenvalue weighted by atomic mass is 10.2. The first kappa shape index (κ1) is 16.7. The molecule has 0 saturated heterocycles. The van der Waals surface area contributed by atoms with E-state index in [0.29, 0.717) is 22.0 Å². The Hall–Kier alpha value is -0.330. The summed E-state index contributed by atoms with van der Waals surface area (Å²) in [6, 6.07) is 4.75. The van der Waals surface area contributed by atoms with E-state index in [2.05, 4.69) is 0 Å². The van der Waals surface area contributed by atoms with Gasteiger partial charge in [0.1, 0.15) is 0 Å². The van der Waals surface area contributed by atoms with Crippen LogP contribution in [0.15, 0.2) is 18.2 Å². The van der Waals surface area contributed by atoms with Crippen LogP contribution in [0.25, 0.3) is 0 Å². The number of benzene rings is 1. The van der Waals surface area contributed by atoms with Gasteiger partial charge in [0.05, 0.1) is 21.9 Å². The molecule has 0 saturated carbocycles. The molecule has 0 bridgehead atoms. The Morgan fingerprint density at radius 2 is 1.95 bits per heavy atom. The van der Waals surface area contributed by atoms with Gasteiger partial charge < -0.3 is 5.11 Å². The first-order chi connectivity index (χ1) is 8.72. The summed E-state index contributed by atoms with van der Waals surface area (Å²) in [4.78, 5) is 0. The Balaban J connectivity index is 2.75. The molecule has 1 rings (SSSR count). The van der Waals surface area contributed by atoms with Gasteiger partial charge in [0.25, 0.3) is 0 Å². The quantitative estimate of drug-likeness (QED) is 0.874. The van der Waals surface area contributed by atoms with Gasteiger partial charge >= 0.3 is 0 Å². The molecule has 108 valence electrons. The monoisotopic (exact) mass is 325 g/mol. The van der Waals surface area contributed by atoms with E-state index in [1.54, 1.807) is 25.1 Å². The molecule has 0 aliphatic rings. The third-order valence-corrected chi connectivity index (χ3v) is 5.24. The molecule has 0 radical (unpaired) electrons. The topological polar surface area (TPSA) is 57.6 Å². The van der Waals surface area contributed by atoms with E-state index < -0.39 is 16.1 Å². The average molecular weight is 326 g/mol. The minimum atomic E-state index is -3.42. The highest BCUT2D eigenvalue weighted by molar-refractivity contribution is 7.88. The van der Waals surface area contributed by atoms with Crippen LogP contribution in [0.5, 0.6) is 0 Å². The Kier molecular flexibility index (Phi) is 6.08. The van der Waals surface area contributed by atoms with Gasteiger partial charge in [-0.25, -0.2) is 12.7 Å². The minimum absolute atomic E-state index is 0.139. The van der Waals surface area contributed by atoms with E-state index in [-0.39, 0.29) is 12.3 Å². The van der Waals surface area contributed by atoms with Gasteiger partial charge in [-0.15, -0.1) is 0 Å². The second kappa shape index (κ2) is 6.90. The zero-order chi connectivity index (χ0) is 14.6. The van der Waals surface area contributed by atoms with E-state index in [1.807, 2.05) is 0 Å². The number of hydrogen-bond acceptors (Lipinski definition) is 3. The lowest BCUT2D eigenvalue weighted by molar-refractivity contribution is 0.177. The first-order valence-electron chi connectivity index (χ1n) is 5.78. The van der Waals surface area contributed by atoms with Crippen LogP contribution in [0.4, 0.5) is 0 Å². The molecule has 0 aliphatic heterocycles. The van der Waals surface area contributed by atoms with Crippen molar-refractivity contribution in [2.45, 2.75) is 25.2 Å². The highest BCUT2D eigenvalue weighted by atomic mass is 35.5. The maximum Gasteiger partial charge on any atom is 0.218 e. The number of rotatable bonds is 6. The second-order valence-corrected chi connectivity index (χ2v) is 7.35. The second-order valence-electron chi connectivity index (χ2n) is 4.46. The number of hydrogen-bond donors (Lipinski definition) is 1. The van der Waals surface area contributed by atoms with E-state index >= 15 is 0 Å². The molecule has 19 heavy (non-hydrogen) atoms. The summed E-state index contributed by atoms with van der Waals surface area (Å²) in [7, 11) is -1.92. The standard InChI is InChI=1S/C12H17Cl2NO3S/c1-9(16)5-6-15(2)19(17,18)8-10-3-4-11(13)12(14)7-10/h3-4,7,9,16H,5-6,8H2,1-2H3. The maximum atomic E-state index is 12.1. The largest absolute Gasteiger partial charge is 0.393 e. The molecule has 0 amide bonds. The molecule has 4 nitrogen and oxygen atoms in total. The molecule has 0 heterocycles. The van der Waals surface area contributed by atoms with Crippen LogP contribution in [-0.2, 0) is 15.8 Å². The molecule has 0 aromatic heterocycles. The summed E-state index contributed by atoms with van der Waals surface area (Å²) >= 11 is 11.6. The lowest BCUT2D eigenvalue weighted by Crippen LogP contribution is -2.30. The summed E-state index contributed by atoms with van der Waals surface area (Å²) < 4.78 is 25.4. The molecule has 0 spiro atoms. The van der Waals surface area contributed by atoms with Crippen LogP contribution >= 0.6 is 23.2 Å². The fourth-order valence-corrected chi connectivity index (χ4v) is 2.98. The van der Waals surface area contributed by atoms with E-state index in [9.17, 15) is 13.5 Å². The molecule has 0 fully saturated rings. The fraction of sp³-hybridized carbons (Fsp3) is 0.500. The van der Waals surface area contributed by atoms with Gasteiger partial charge in [-0.1, -0.05) is 29.3 Å². The lowest BCUT2D eigenvalue weighted by Gasteiger charge is -2.18. The Bertz CT molecular complexity index is 532. The number of aliphatic hydroxyl groups excluding tert-OH is 1. The van der Waals surface area contributed by atoms with Crippen LogP contribution in [0.2, 0.25) is 10.0 Å². The molecule has 7 heteroatoms. The summed E-state index contributed by atoms with van der Waals surface area (Å²) in [6.07, 6.45) is -0.125. The van der Waals surface area contributed by atoms with Crippen LogP contribution in [0.1, 0.15) is 18.9 Å². The Morgan fingerprint density at radius 1 is 1.32 bits per heavy atom. The van der Waals surface area contributed by atoms with Gasteiger partial charge in [-0.3, -0.25) is 0 Å². The third kappa shape index (κ3) is 5.28. The van der Waals surface area contributed by atoms with Crippen LogP contribution in [-0.4, -0.2) is 37.5 Å². The minimum Gasteiger partial charge on any atom is -0.393 e. The highest BCUT2D eigenvalue weighted by Crippen LogP contribution is 2.24. The molecular weight excluding hydrogens is 309 g/mol. The molecule has 1 unspecified atom stereocenters. The SMILES string of the molecule is CC(O)CCN(C)S(=O)(=O)Cc1ccc(Cl)c(Cl)c1. The van der Waals surface area contributed by atoms with Gasteiger partial charge in [0.2, 0.25) is 10.0 Å². The highest BCUT2D eigenvalue weighted by Gasteiger charge is 2.19. The Labute approximate surface area is 124 Å². The van der Waals surface area contributed by atoms with Crippen molar-refractivity contribution in [1.29, 1.82) is 0 Å². The maximum absolute atomic E-state index is 12.1. The first-order valence-corrected chi connectivity index (χ1v) is 8.15. The van der Waals surface area contributed by atoms with Gasteiger partial charge in [-0.2, -0.15) is 0 Å². The van der Waals surface area contributed by atoms with Crippen molar-refractivity contribution in [2.75, 3.05) is 13.6 Å². The zero-order valence-corrected chi connectivity index (χ0v) is 13.1. The van der Waals surface area contributed by atoms with Crippen molar-refractivity contribution < 1.29 is 13.5 Å². The predicted octanol–water partition coefficient (Wildman–Crippen LogP) is 2.53. The molecule has 1 atom stereocenters. The van der Waals surface area contributed by atoms with Crippen molar-refractivity contribution in [3.63, 3.8) is 0 Å². The molecule has 1 aromatic carbocycles. The summed E-state index contributed by atoms with van der Waals surface area (Å²) in [5.74, 6) is -0.139. The number of aliphatic hydroxyl groups is 1. The van der Waals surface area contributed by atoms with Crippen molar-refractivity contribution in [3.05, 3.63) is 33.8 Å². The fourth-order valence-electron chi connectivity index (χ4n) is 1.46. The summed E-state index contributed by atoms with van der Waals surface area (Å²) in [5.41, 5.74) is 0.582. The molecular formula is C12H17Cl2NO3S. The van der Waals surface area contributed by atoms with Crippen LogP contribution in [0, 0.1) is 0 Å². The normalized spacial score (nSPS) is 13.8. The average Bonchev–Trinajstić information content (AvgIpc) is 2.30. The van der Waals surface area contributed by atoms with E-state index in [4.69, 9.17) is 23.2 Å². The van der Waals surface area contributed by atoms with Crippen LogP contribution < -0.4 is 0 Å². The zero-order valence-electron chi connectivity index (χ0n) is 10.8. The summed E-state index contributed by atoms with van der Waals surface area (Å²) in [6.45, 7) is 1.90. The number of nitrogens with zero attached hydrogens (tertiary/aromatic N) is 1. The van der Waals surface area contributed by atoms with E-state index in [0.717, 1.165) is 0 Å². The van der Waals surface area contributed by atoms with Crippen molar-refractivity contribution in [2.24, 2.45) is 0 Å². The van der Waals surface area contributed by atoms with Crippen molar-refractivity contribution in [1.82, 2.24) is 4.31 Å².